The van der Waals surface area contributed by atoms with Crippen LogP contribution in [-0.2, 0) is 4.79 Å². The molecule has 4 heteroatoms. The summed E-state index contributed by atoms with van der Waals surface area (Å²) in [6.45, 7) is 10.6. The topological polar surface area (TPSA) is 61.4 Å². The Morgan fingerprint density at radius 1 is 1.38 bits per heavy atom. The first-order chi connectivity index (χ1) is 7.34. The van der Waals surface area contributed by atoms with Crippen molar-refractivity contribution < 1.29 is 9.90 Å². The molecule has 0 radical (unpaired) electrons. The lowest BCUT2D eigenvalue weighted by atomic mass is 9.99. The SMILES string of the molecule is CCC(C)(CO)NC(C)C(=O)NCC(C)C. The van der Waals surface area contributed by atoms with Crippen molar-refractivity contribution >= 4 is 5.91 Å². The van der Waals surface area contributed by atoms with Gasteiger partial charge in [0.25, 0.3) is 0 Å². The molecule has 0 saturated carbocycles. The quantitative estimate of drug-likeness (QED) is 0.609. The Kier molecular flexibility index (Phi) is 6.60. The van der Waals surface area contributed by atoms with E-state index in [2.05, 4.69) is 24.5 Å². The van der Waals surface area contributed by atoms with Gasteiger partial charge in [-0.05, 0) is 26.2 Å². The summed E-state index contributed by atoms with van der Waals surface area (Å²) in [4.78, 5) is 11.7. The molecule has 1 amide bonds. The summed E-state index contributed by atoms with van der Waals surface area (Å²) in [6, 6.07) is -0.282. The van der Waals surface area contributed by atoms with Crippen LogP contribution in [-0.4, -0.2) is 35.7 Å². The average Bonchev–Trinajstić information content (AvgIpc) is 2.25. The normalized spacial score (nSPS) is 16.9. The van der Waals surface area contributed by atoms with Gasteiger partial charge in [0.1, 0.15) is 0 Å². The van der Waals surface area contributed by atoms with Crippen LogP contribution in [0.4, 0.5) is 0 Å². The largest absolute Gasteiger partial charge is 0.394 e. The number of carbonyl (C=O) groups excluding carboxylic acids is 1. The molecule has 0 aliphatic heterocycles. The van der Waals surface area contributed by atoms with Gasteiger partial charge in [-0.1, -0.05) is 20.8 Å². The van der Waals surface area contributed by atoms with Crippen LogP contribution >= 0.6 is 0 Å². The molecule has 0 aliphatic rings. The minimum atomic E-state index is -0.380. The minimum absolute atomic E-state index is 0.0122. The molecule has 4 nitrogen and oxygen atoms in total. The maximum Gasteiger partial charge on any atom is 0.236 e. The Hall–Kier alpha value is -0.610. The molecule has 3 N–H and O–H groups in total. The van der Waals surface area contributed by atoms with E-state index in [1.54, 1.807) is 0 Å². The summed E-state index contributed by atoms with van der Waals surface area (Å²) in [5.74, 6) is 0.438. The molecule has 0 heterocycles. The first-order valence-corrected chi connectivity index (χ1v) is 6.01. The average molecular weight is 230 g/mol. The van der Waals surface area contributed by atoms with Gasteiger partial charge in [0, 0.05) is 12.1 Å². The summed E-state index contributed by atoms with van der Waals surface area (Å²) in [5.41, 5.74) is -0.380. The molecule has 0 saturated heterocycles. The molecule has 0 spiro atoms. The van der Waals surface area contributed by atoms with Crippen molar-refractivity contribution in [1.82, 2.24) is 10.6 Å². The summed E-state index contributed by atoms with van der Waals surface area (Å²) in [6.07, 6.45) is 0.783. The smallest absolute Gasteiger partial charge is 0.236 e. The first-order valence-electron chi connectivity index (χ1n) is 6.01. The van der Waals surface area contributed by atoms with Crippen LogP contribution in [0.15, 0.2) is 0 Å². The third-order valence-corrected chi connectivity index (χ3v) is 2.77. The van der Waals surface area contributed by atoms with E-state index in [9.17, 15) is 9.90 Å². The highest BCUT2D eigenvalue weighted by Gasteiger charge is 2.25. The molecule has 0 aromatic heterocycles. The van der Waals surface area contributed by atoms with Crippen LogP contribution in [0.25, 0.3) is 0 Å². The van der Waals surface area contributed by atoms with Crippen molar-refractivity contribution in [3.8, 4) is 0 Å². The van der Waals surface area contributed by atoms with Crippen LogP contribution in [0, 0.1) is 5.92 Å². The molecular formula is C12H26N2O2. The number of amides is 1. The van der Waals surface area contributed by atoms with E-state index in [1.165, 1.54) is 0 Å². The van der Waals surface area contributed by atoms with Crippen molar-refractivity contribution in [2.45, 2.75) is 52.6 Å². The lowest BCUT2D eigenvalue weighted by Gasteiger charge is -2.30. The minimum Gasteiger partial charge on any atom is -0.394 e. The van der Waals surface area contributed by atoms with Crippen LogP contribution in [0.2, 0.25) is 0 Å². The highest BCUT2D eigenvalue weighted by molar-refractivity contribution is 5.81. The van der Waals surface area contributed by atoms with E-state index >= 15 is 0 Å². The standard InChI is InChI=1S/C12H26N2O2/c1-6-12(5,8-15)14-10(4)11(16)13-7-9(2)3/h9-10,14-15H,6-8H2,1-5H3,(H,13,16). The highest BCUT2D eigenvalue weighted by Crippen LogP contribution is 2.08. The summed E-state index contributed by atoms with van der Waals surface area (Å²) >= 11 is 0. The van der Waals surface area contributed by atoms with Gasteiger partial charge in [-0.25, -0.2) is 0 Å². The van der Waals surface area contributed by atoms with E-state index in [1.807, 2.05) is 20.8 Å². The van der Waals surface area contributed by atoms with Gasteiger partial charge < -0.3 is 10.4 Å². The van der Waals surface area contributed by atoms with Gasteiger partial charge in [0.2, 0.25) is 5.91 Å². The monoisotopic (exact) mass is 230 g/mol. The predicted molar refractivity (Wildman–Crippen MR) is 66.2 cm³/mol. The Balaban J connectivity index is 4.13. The van der Waals surface area contributed by atoms with Gasteiger partial charge in [-0.3, -0.25) is 10.1 Å². The van der Waals surface area contributed by atoms with Gasteiger partial charge in [-0.15, -0.1) is 0 Å². The van der Waals surface area contributed by atoms with Gasteiger partial charge in [0.15, 0.2) is 0 Å². The molecule has 2 unspecified atom stereocenters. The molecule has 0 fully saturated rings. The maximum atomic E-state index is 11.7. The maximum absolute atomic E-state index is 11.7. The van der Waals surface area contributed by atoms with E-state index in [0.717, 1.165) is 6.42 Å². The molecular weight excluding hydrogens is 204 g/mol. The van der Waals surface area contributed by atoms with Gasteiger partial charge >= 0.3 is 0 Å². The molecule has 0 aliphatic carbocycles. The van der Waals surface area contributed by atoms with E-state index in [0.29, 0.717) is 12.5 Å². The Morgan fingerprint density at radius 2 is 1.94 bits per heavy atom. The number of hydrogen-bond acceptors (Lipinski definition) is 3. The predicted octanol–water partition coefficient (Wildman–Crippen LogP) is 0.898. The molecule has 2 atom stereocenters. The summed E-state index contributed by atoms with van der Waals surface area (Å²) in [5, 5.41) is 15.3. The lowest BCUT2D eigenvalue weighted by molar-refractivity contribution is -0.123. The lowest BCUT2D eigenvalue weighted by Crippen LogP contribution is -2.54. The van der Waals surface area contributed by atoms with Crippen molar-refractivity contribution in [2.75, 3.05) is 13.2 Å². The van der Waals surface area contributed by atoms with Crippen LogP contribution < -0.4 is 10.6 Å². The zero-order valence-corrected chi connectivity index (χ0v) is 11.1. The molecule has 0 aromatic carbocycles. The fourth-order valence-corrected chi connectivity index (χ4v) is 1.31. The van der Waals surface area contributed by atoms with E-state index < -0.39 is 0 Å². The van der Waals surface area contributed by atoms with Crippen molar-refractivity contribution in [3.63, 3.8) is 0 Å². The zero-order valence-electron chi connectivity index (χ0n) is 11.1. The third kappa shape index (κ3) is 5.47. The molecule has 16 heavy (non-hydrogen) atoms. The number of hydrogen-bond donors (Lipinski definition) is 3. The zero-order chi connectivity index (χ0) is 12.8. The molecule has 96 valence electrons. The Morgan fingerprint density at radius 3 is 2.31 bits per heavy atom. The van der Waals surface area contributed by atoms with Crippen molar-refractivity contribution in [2.24, 2.45) is 5.92 Å². The Bertz CT molecular complexity index is 213. The number of nitrogens with one attached hydrogen (secondary N) is 2. The van der Waals surface area contributed by atoms with Gasteiger partial charge in [0.05, 0.1) is 12.6 Å². The summed E-state index contributed by atoms with van der Waals surface area (Å²) in [7, 11) is 0. The second-order valence-electron chi connectivity index (χ2n) is 5.08. The first kappa shape index (κ1) is 15.4. The molecule has 0 rings (SSSR count). The third-order valence-electron chi connectivity index (χ3n) is 2.77. The molecule has 0 aromatic rings. The number of aliphatic hydroxyl groups is 1. The summed E-state index contributed by atoms with van der Waals surface area (Å²) < 4.78 is 0. The number of rotatable bonds is 7. The number of carbonyl (C=O) groups is 1. The fourth-order valence-electron chi connectivity index (χ4n) is 1.31. The number of aliphatic hydroxyl groups excluding tert-OH is 1. The van der Waals surface area contributed by atoms with Crippen LogP contribution in [0.1, 0.15) is 41.0 Å². The second-order valence-corrected chi connectivity index (χ2v) is 5.08. The van der Waals surface area contributed by atoms with E-state index in [4.69, 9.17) is 0 Å². The van der Waals surface area contributed by atoms with Crippen LogP contribution in [0.3, 0.4) is 0 Å². The van der Waals surface area contributed by atoms with Crippen LogP contribution in [0.5, 0.6) is 0 Å². The van der Waals surface area contributed by atoms with Gasteiger partial charge in [-0.2, -0.15) is 0 Å². The van der Waals surface area contributed by atoms with Crippen molar-refractivity contribution in [1.29, 1.82) is 0 Å². The highest BCUT2D eigenvalue weighted by atomic mass is 16.3. The Labute approximate surface area is 98.8 Å². The molecule has 0 bridgehead atoms. The van der Waals surface area contributed by atoms with E-state index in [-0.39, 0.29) is 24.1 Å². The fraction of sp³-hybridized carbons (Fsp3) is 0.917. The second kappa shape index (κ2) is 6.86. The van der Waals surface area contributed by atoms with Crippen molar-refractivity contribution in [3.05, 3.63) is 0 Å².